The molecule has 0 spiro atoms. The molecule has 0 bridgehead atoms. The Morgan fingerprint density at radius 3 is 2.20 bits per heavy atom. The first-order chi connectivity index (χ1) is 17.0. The molecule has 1 saturated heterocycles. The van der Waals surface area contributed by atoms with Gasteiger partial charge in [-0.05, 0) is 90.5 Å². The average molecular weight is 526 g/mol. The van der Waals surface area contributed by atoms with E-state index in [1.165, 1.54) is 31.0 Å². The van der Waals surface area contributed by atoms with Crippen LogP contribution in [0.4, 0.5) is 11.4 Å². The van der Waals surface area contributed by atoms with Crippen LogP contribution in [-0.4, -0.2) is 17.7 Å². The highest BCUT2D eigenvalue weighted by Crippen LogP contribution is 2.38. The maximum atomic E-state index is 13.4. The molecule has 1 heterocycles. The third-order valence-electron chi connectivity index (χ3n) is 5.39. The van der Waals surface area contributed by atoms with E-state index in [2.05, 4.69) is 6.92 Å². The summed E-state index contributed by atoms with van der Waals surface area (Å²) in [6, 6.07) is 22.2. The topological polar surface area (TPSA) is 41.9 Å². The van der Waals surface area contributed by atoms with Crippen LogP contribution in [0.5, 0.6) is 5.75 Å². The number of hydrogen-bond donors (Lipinski definition) is 0. The fourth-order valence-electron chi connectivity index (χ4n) is 3.52. The molecule has 4 rings (SSSR count). The Labute approximate surface area is 220 Å². The highest BCUT2D eigenvalue weighted by atomic mass is 35.5. The number of carbonyl (C=O) groups is 1. The lowest BCUT2D eigenvalue weighted by atomic mass is 10.2. The smallest absolute Gasteiger partial charge is 0.271 e. The van der Waals surface area contributed by atoms with E-state index in [1.807, 2.05) is 54.6 Å². The van der Waals surface area contributed by atoms with Crippen molar-refractivity contribution in [1.29, 1.82) is 0 Å². The summed E-state index contributed by atoms with van der Waals surface area (Å²) in [6.45, 7) is 2.91. The number of halogens is 2. The number of thioether (sulfide) groups is 1. The number of amides is 1. The molecule has 1 aliphatic heterocycles. The van der Waals surface area contributed by atoms with Crippen LogP contribution in [0, 0.1) is 0 Å². The molecule has 0 N–H and O–H groups in total. The second-order valence-electron chi connectivity index (χ2n) is 8.08. The van der Waals surface area contributed by atoms with Crippen molar-refractivity contribution < 1.29 is 9.53 Å². The van der Waals surface area contributed by atoms with Gasteiger partial charge in [-0.1, -0.05) is 61.5 Å². The van der Waals surface area contributed by atoms with Gasteiger partial charge in [0.25, 0.3) is 5.91 Å². The van der Waals surface area contributed by atoms with Crippen LogP contribution in [0.2, 0.25) is 10.0 Å². The molecule has 7 heteroatoms. The summed E-state index contributed by atoms with van der Waals surface area (Å²) in [7, 11) is 0. The third kappa shape index (κ3) is 6.91. The number of carbonyl (C=O) groups excluding carboxylic acids is 1. The predicted octanol–water partition coefficient (Wildman–Crippen LogP) is 8.76. The van der Waals surface area contributed by atoms with Crippen LogP contribution in [0.3, 0.4) is 0 Å². The summed E-state index contributed by atoms with van der Waals surface area (Å²) in [4.78, 5) is 20.3. The van der Waals surface area contributed by atoms with E-state index in [4.69, 9.17) is 32.9 Å². The van der Waals surface area contributed by atoms with E-state index >= 15 is 0 Å². The van der Waals surface area contributed by atoms with E-state index in [0.29, 0.717) is 31.5 Å². The van der Waals surface area contributed by atoms with E-state index in [9.17, 15) is 4.79 Å². The van der Waals surface area contributed by atoms with Gasteiger partial charge >= 0.3 is 0 Å². The lowest BCUT2D eigenvalue weighted by molar-refractivity contribution is -0.113. The van der Waals surface area contributed by atoms with Crippen molar-refractivity contribution in [2.24, 2.45) is 4.99 Å². The quantitative estimate of drug-likeness (QED) is 0.207. The molecule has 3 aromatic carbocycles. The number of nitrogens with zero attached hydrogens (tertiary/aromatic N) is 2. The Hall–Kier alpha value is -2.73. The fourth-order valence-corrected chi connectivity index (χ4v) is 4.78. The summed E-state index contributed by atoms with van der Waals surface area (Å²) in [6.07, 6.45) is 6.57. The van der Waals surface area contributed by atoms with E-state index in [1.54, 1.807) is 29.2 Å². The highest BCUT2D eigenvalue weighted by Gasteiger charge is 2.34. The first kappa shape index (κ1) is 25.4. The van der Waals surface area contributed by atoms with Gasteiger partial charge < -0.3 is 4.74 Å². The molecule has 3 aromatic rings. The van der Waals surface area contributed by atoms with E-state index in [-0.39, 0.29) is 5.91 Å². The Morgan fingerprint density at radius 2 is 1.54 bits per heavy atom. The summed E-state index contributed by atoms with van der Waals surface area (Å²) >= 11 is 13.4. The van der Waals surface area contributed by atoms with Gasteiger partial charge in [0.2, 0.25) is 0 Å². The summed E-state index contributed by atoms with van der Waals surface area (Å²) in [5, 5.41) is 1.80. The van der Waals surface area contributed by atoms with Crippen LogP contribution in [0.1, 0.15) is 38.2 Å². The second-order valence-corrected chi connectivity index (χ2v) is 9.96. The Bertz CT molecular complexity index is 1210. The van der Waals surface area contributed by atoms with E-state index < -0.39 is 0 Å². The van der Waals surface area contributed by atoms with Gasteiger partial charge in [0.15, 0.2) is 5.17 Å². The van der Waals surface area contributed by atoms with Gasteiger partial charge in [0.05, 0.1) is 22.9 Å². The van der Waals surface area contributed by atoms with Crippen LogP contribution in [0.25, 0.3) is 6.08 Å². The fraction of sp³-hybridized carbons (Fsp3) is 0.214. The number of amidine groups is 1. The number of rotatable bonds is 9. The third-order valence-corrected chi connectivity index (χ3v) is 6.86. The van der Waals surface area contributed by atoms with Crippen molar-refractivity contribution in [1.82, 2.24) is 0 Å². The maximum absolute atomic E-state index is 13.4. The molecular formula is C28H26Cl2N2O2S. The van der Waals surface area contributed by atoms with Crippen molar-refractivity contribution in [2.45, 2.75) is 32.6 Å². The molecule has 35 heavy (non-hydrogen) atoms. The monoisotopic (exact) mass is 524 g/mol. The normalized spacial score (nSPS) is 15.9. The molecule has 1 fully saturated rings. The number of ether oxygens (including phenoxy) is 1. The molecule has 0 radical (unpaired) electrons. The summed E-state index contributed by atoms with van der Waals surface area (Å²) in [5.41, 5.74) is 2.34. The molecular weight excluding hydrogens is 499 g/mol. The second kappa shape index (κ2) is 12.3. The molecule has 0 saturated carbocycles. The zero-order valence-electron chi connectivity index (χ0n) is 19.4. The van der Waals surface area contributed by atoms with Crippen molar-refractivity contribution in [3.05, 3.63) is 93.3 Å². The van der Waals surface area contributed by atoms with Crippen molar-refractivity contribution in [3.63, 3.8) is 0 Å². The molecule has 180 valence electrons. The van der Waals surface area contributed by atoms with Gasteiger partial charge in [-0.25, -0.2) is 4.99 Å². The Morgan fingerprint density at radius 1 is 0.886 bits per heavy atom. The van der Waals surface area contributed by atoms with Crippen molar-refractivity contribution in [2.75, 3.05) is 11.5 Å². The molecule has 1 amide bonds. The SMILES string of the molecule is CCCCCCOc1ccc(/C=C2/SC(=Nc3ccc(Cl)cc3)N(c3ccc(Cl)cc3)C2=O)cc1. The number of hydrogen-bond acceptors (Lipinski definition) is 4. The first-order valence-corrected chi connectivity index (χ1v) is 13.2. The minimum atomic E-state index is -0.138. The van der Waals surface area contributed by atoms with Crippen LogP contribution >= 0.6 is 35.0 Å². The van der Waals surface area contributed by atoms with Crippen molar-refractivity contribution in [3.8, 4) is 5.75 Å². The molecule has 0 aromatic heterocycles. The molecule has 0 atom stereocenters. The molecule has 4 nitrogen and oxygen atoms in total. The van der Waals surface area contributed by atoms with Gasteiger partial charge in [-0.15, -0.1) is 0 Å². The van der Waals surface area contributed by atoms with Gasteiger partial charge in [0, 0.05) is 10.0 Å². The Kier molecular flexibility index (Phi) is 8.91. The molecule has 0 unspecified atom stereocenters. The minimum absolute atomic E-state index is 0.138. The van der Waals surface area contributed by atoms with Crippen LogP contribution < -0.4 is 9.64 Å². The summed E-state index contributed by atoms with van der Waals surface area (Å²) in [5.74, 6) is 0.697. The standard InChI is InChI=1S/C28H26Cl2N2O2S/c1-2-3-4-5-18-34-25-16-6-20(7-17-25)19-26-27(33)32(24-14-10-22(30)11-15-24)28(35-26)31-23-12-8-21(29)9-13-23/h6-17,19H,2-5,18H2,1H3/b26-19+,31-28?. The minimum Gasteiger partial charge on any atom is -0.494 e. The van der Waals surface area contributed by atoms with Crippen LogP contribution in [-0.2, 0) is 4.79 Å². The number of benzene rings is 3. The Balaban J connectivity index is 1.55. The average Bonchev–Trinajstić information content (AvgIpc) is 3.16. The molecule has 1 aliphatic rings. The largest absolute Gasteiger partial charge is 0.494 e. The van der Waals surface area contributed by atoms with Gasteiger partial charge in [-0.2, -0.15) is 0 Å². The summed E-state index contributed by atoms with van der Waals surface area (Å²) < 4.78 is 5.83. The highest BCUT2D eigenvalue weighted by molar-refractivity contribution is 8.19. The van der Waals surface area contributed by atoms with Gasteiger partial charge in [0.1, 0.15) is 5.75 Å². The number of aliphatic imine (C=N–C) groups is 1. The maximum Gasteiger partial charge on any atom is 0.271 e. The zero-order valence-corrected chi connectivity index (χ0v) is 21.7. The lowest BCUT2D eigenvalue weighted by Crippen LogP contribution is -2.28. The van der Waals surface area contributed by atoms with Gasteiger partial charge in [-0.3, -0.25) is 9.69 Å². The zero-order chi connectivity index (χ0) is 24.6. The van der Waals surface area contributed by atoms with Crippen LogP contribution in [0.15, 0.2) is 82.7 Å². The number of unbranched alkanes of at least 4 members (excludes halogenated alkanes) is 3. The molecule has 0 aliphatic carbocycles. The number of anilines is 1. The lowest BCUT2D eigenvalue weighted by Gasteiger charge is -2.15. The predicted molar refractivity (Wildman–Crippen MR) is 149 cm³/mol. The first-order valence-electron chi connectivity index (χ1n) is 11.6. The van der Waals surface area contributed by atoms with E-state index in [0.717, 1.165) is 24.3 Å². The van der Waals surface area contributed by atoms with Crippen molar-refractivity contribution >= 4 is 63.5 Å².